The van der Waals surface area contributed by atoms with E-state index in [1.807, 2.05) is 27.8 Å². The minimum absolute atomic E-state index is 0.0297. The van der Waals surface area contributed by atoms with E-state index in [9.17, 15) is 4.79 Å². The topological polar surface area (TPSA) is 35.6 Å². The average molecular weight is 227 g/mol. The van der Waals surface area contributed by atoms with Gasteiger partial charge in [-0.1, -0.05) is 0 Å². The zero-order valence-corrected chi connectivity index (χ0v) is 11.2. The summed E-state index contributed by atoms with van der Waals surface area (Å²) in [6.07, 6.45) is 1.20. The number of hydrogen-bond donors (Lipinski definition) is 1. The Morgan fingerprint density at radius 2 is 2.12 bits per heavy atom. The van der Waals surface area contributed by atoms with Crippen LogP contribution in [0.3, 0.4) is 0 Å². The van der Waals surface area contributed by atoms with Gasteiger partial charge in [0.05, 0.1) is 0 Å². The number of carbonyl (C=O) groups is 1. The highest BCUT2D eigenvalue weighted by atomic mass is 16.2. The van der Waals surface area contributed by atoms with Crippen LogP contribution in [0, 0.1) is 5.92 Å². The first kappa shape index (κ1) is 13.3. The number of carbonyl (C=O) groups excluding carboxylic acids is 1. The molecule has 1 aliphatic heterocycles. The molecule has 0 aromatic rings. The van der Waals surface area contributed by atoms with E-state index >= 15 is 0 Å². The molecule has 0 bridgehead atoms. The molecule has 1 atom stereocenters. The van der Waals surface area contributed by atoms with Crippen LogP contribution in [-0.2, 0) is 0 Å². The van der Waals surface area contributed by atoms with Gasteiger partial charge >= 0.3 is 6.03 Å². The molecule has 0 saturated carbocycles. The number of nitrogens with one attached hydrogen (secondary N) is 1. The van der Waals surface area contributed by atoms with Crippen molar-refractivity contribution in [3.8, 4) is 0 Å². The van der Waals surface area contributed by atoms with Crippen LogP contribution in [0.25, 0.3) is 0 Å². The third kappa shape index (κ3) is 4.39. The van der Waals surface area contributed by atoms with E-state index < -0.39 is 0 Å². The van der Waals surface area contributed by atoms with Crippen molar-refractivity contribution in [1.29, 1.82) is 0 Å². The van der Waals surface area contributed by atoms with Crippen molar-refractivity contribution in [2.24, 2.45) is 5.92 Å². The number of hydrogen-bond acceptors (Lipinski definition) is 2. The van der Waals surface area contributed by atoms with Crippen molar-refractivity contribution >= 4 is 6.03 Å². The maximum absolute atomic E-state index is 11.8. The maximum atomic E-state index is 11.8. The van der Waals surface area contributed by atoms with E-state index in [0.29, 0.717) is 5.92 Å². The van der Waals surface area contributed by atoms with Crippen LogP contribution in [0.4, 0.5) is 4.79 Å². The molecule has 2 amide bonds. The molecule has 1 fully saturated rings. The molecule has 1 aliphatic rings. The molecule has 0 spiro atoms. The van der Waals surface area contributed by atoms with Gasteiger partial charge in [0.25, 0.3) is 0 Å². The van der Waals surface area contributed by atoms with Gasteiger partial charge in [-0.2, -0.15) is 0 Å². The summed E-state index contributed by atoms with van der Waals surface area (Å²) in [6, 6.07) is 0.0297. The van der Waals surface area contributed by atoms with Crippen LogP contribution >= 0.6 is 0 Å². The summed E-state index contributed by atoms with van der Waals surface area (Å²) in [4.78, 5) is 15.9. The van der Waals surface area contributed by atoms with E-state index in [-0.39, 0.29) is 11.6 Å². The Morgan fingerprint density at radius 1 is 1.50 bits per heavy atom. The molecule has 1 unspecified atom stereocenters. The first-order valence-electron chi connectivity index (χ1n) is 6.00. The van der Waals surface area contributed by atoms with Crippen molar-refractivity contribution in [3.63, 3.8) is 0 Å². The maximum Gasteiger partial charge on any atom is 0.317 e. The summed E-state index contributed by atoms with van der Waals surface area (Å²) in [7, 11) is 4.01. The van der Waals surface area contributed by atoms with E-state index in [1.54, 1.807) is 4.90 Å². The molecule has 0 radical (unpaired) electrons. The molecule has 1 heterocycles. The lowest BCUT2D eigenvalue weighted by molar-refractivity contribution is 0.191. The zero-order chi connectivity index (χ0) is 12.3. The Hall–Kier alpha value is -0.770. The van der Waals surface area contributed by atoms with Crippen LogP contribution in [0.15, 0.2) is 0 Å². The fourth-order valence-corrected chi connectivity index (χ4v) is 2.06. The van der Waals surface area contributed by atoms with Crippen molar-refractivity contribution in [2.45, 2.75) is 32.7 Å². The smallest absolute Gasteiger partial charge is 0.317 e. The monoisotopic (exact) mass is 227 g/mol. The van der Waals surface area contributed by atoms with E-state index in [4.69, 9.17) is 0 Å². The molecule has 1 rings (SSSR count). The standard InChI is InChI=1S/C12H25N3O/c1-12(2,3)13-11(16)15(5)9-10-6-7-14(4)8-10/h10H,6-9H2,1-5H3,(H,13,16). The van der Waals surface area contributed by atoms with Gasteiger partial charge in [-0.15, -0.1) is 0 Å². The fourth-order valence-electron chi connectivity index (χ4n) is 2.06. The summed E-state index contributed by atoms with van der Waals surface area (Å²) in [5.74, 6) is 0.626. The second kappa shape index (κ2) is 5.04. The van der Waals surface area contributed by atoms with Gasteiger partial charge in [0.1, 0.15) is 0 Å². The summed E-state index contributed by atoms with van der Waals surface area (Å²) in [5, 5.41) is 2.98. The third-order valence-corrected chi connectivity index (χ3v) is 2.85. The van der Waals surface area contributed by atoms with Gasteiger partial charge in [-0.05, 0) is 46.7 Å². The predicted molar refractivity (Wildman–Crippen MR) is 66.5 cm³/mol. The molecule has 0 aromatic heterocycles. The molecular weight excluding hydrogens is 202 g/mol. The molecule has 4 nitrogen and oxygen atoms in total. The predicted octanol–water partition coefficient (Wildman–Crippen LogP) is 1.38. The minimum Gasteiger partial charge on any atom is -0.333 e. The summed E-state index contributed by atoms with van der Waals surface area (Å²) < 4.78 is 0. The zero-order valence-electron chi connectivity index (χ0n) is 11.2. The molecule has 1 N–H and O–H groups in total. The summed E-state index contributed by atoms with van der Waals surface area (Å²) in [6.45, 7) is 9.12. The number of amides is 2. The third-order valence-electron chi connectivity index (χ3n) is 2.85. The van der Waals surface area contributed by atoms with Crippen LogP contribution < -0.4 is 5.32 Å². The summed E-state index contributed by atoms with van der Waals surface area (Å²) >= 11 is 0. The van der Waals surface area contributed by atoms with Crippen molar-refractivity contribution in [2.75, 3.05) is 33.7 Å². The van der Waals surface area contributed by atoms with E-state index in [2.05, 4.69) is 17.3 Å². The quantitative estimate of drug-likeness (QED) is 0.773. The first-order chi connectivity index (χ1) is 7.28. The lowest BCUT2D eigenvalue weighted by Gasteiger charge is -2.27. The van der Waals surface area contributed by atoms with Crippen molar-refractivity contribution in [1.82, 2.24) is 15.1 Å². The van der Waals surface area contributed by atoms with E-state index in [0.717, 1.165) is 19.6 Å². The molecule has 16 heavy (non-hydrogen) atoms. The number of rotatable bonds is 2. The van der Waals surface area contributed by atoms with Crippen LogP contribution in [0.2, 0.25) is 0 Å². The Labute approximate surface area is 99.0 Å². The molecule has 0 aromatic carbocycles. The van der Waals surface area contributed by atoms with Crippen LogP contribution in [0.5, 0.6) is 0 Å². The summed E-state index contributed by atoms with van der Waals surface area (Å²) in [5.41, 5.74) is -0.155. The number of likely N-dealkylation sites (tertiary alicyclic amines) is 1. The highest BCUT2D eigenvalue weighted by Gasteiger charge is 2.23. The van der Waals surface area contributed by atoms with Gasteiger partial charge in [0, 0.05) is 25.7 Å². The normalized spacial score (nSPS) is 22.2. The lowest BCUT2D eigenvalue weighted by atomic mass is 10.1. The Morgan fingerprint density at radius 3 is 2.56 bits per heavy atom. The highest BCUT2D eigenvalue weighted by molar-refractivity contribution is 5.74. The highest BCUT2D eigenvalue weighted by Crippen LogP contribution is 2.15. The first-order valence-corrected chi connectivity index (χ1v) is 6.00. The van der Waals surface area contributed by atoms with Gasteiger partial charge in [-0.25, -0.2) is 4.79 Å². The molecule has 94 valence electrons. The fraction of sp³-hybridized carbons (Fsp3) is 0.917. The number of nitrogens with zero attached hydrogens (tertiary/aromatic N) is 2. The Balaban J connectivity index is 2.34. The second-order valence-corrected chi connectivity index (χ2v) is 5.98. The average Bonchev–Trinajstić information content (AvgIpc) is 2.48. The molecule has 0 aliphatic carbocycles. The van der Waals surface area contributed by atoms with Crippen LogP contribution in [-0.4, -0.2) is 55.1 Å². The molecular formula is C12H25N3O. The van der Waals surface area contributed by atoms with E-state index in [1.165, 1.54) is 6.42 Å². The Kier molecular flexibility index (Phi) is 4.19. The second-order valence-electron chi connectivity index (χ2n) is 5.98. The van der Waals surface area contributed by atoms with Gasteiger partial charge in [0.15, 0.2) is 0 Å². The van der Waals surface area contributed by atoms with Crippen LogP contribution in [0.1, 0.15) is 27.2 Å². The van der Waals surface area contributed by atoms with Crippen molar-refractivity contribution < 1.29 is 4.79 Å². The van der Waals surface area contributed by atoms with Gasteiger partial charge in [0.2, 0.25) is 0 Å². The van der Waals surface area contributed by atoms with Gasteiger partial charge in [-0.3, -0.25) is 0 Å². The number of urea groups is 1. The largest absolute Gasteiger partial charge is 0.333 e. The minimum atomic E-state index is -0.155. The molecule has 1 saturated heterocycles. The van der Waals surface area contributed by atoms with Gasteiger partial charge < -0.3 is 15.1 Å². The molecule has 4 heteroatoms. The Bertz CT molecular complexity index is 247. The lowest BCUT2D eigenvalue weighted by Crippen LogP contribution is -2.48. The van der Waals surface area contributed by atoms with Crippen molar-refractivity contribution in [3.05, 3.63) is 0 Å². The SMILES string of the molecule is CN1CCC(CN(C)C(=O)NC(C)(C)C)C1.